The third-order valence-electron chi connectivity index (χ3n) is 5.45. The summed E-state index contributed by atoms with van der Waals surface area (Å²) in [6.07, 6.45) is 3.01. The van der Waals surface area contributed by atoms with Gasteiger partial charge in [0.25, 0.3) is 0 Å². The van der Waals surface area contributed by atoms with Crippen molar-refractivity contribution in [1.29, 1.82) is 0 Å². The lowest BCUT2D eigenvalue weighted by Gasteiger charge is -2.34. The molecule has 0 aliphatic carbocycles. The molecule has 2 aliphatic rings. The van der Waals surface area contributed by atoms with Crippen LogP contribution in [0.2, 0.25) is 0 Å². The average molecular weight is 350 g/mol. The van der Waals surface area contributed by atoms with E-state index in [0.717, 1.165) is 36.9 Å². The molecule has 2 aromatic carbocycles. The quantitative estimate of drug-likeness (QED) is 0.815. The topological polar surface area (TPSA) is 64.0 Å². The monoisotopic (exact) mass is 350 g/mol. The van der Waals surface area contributed by atoms with Crippen molar-refractivity contribution >= 4 is 18.5 Å². The fraction of sp³-hybridized carbons (Fsp3) is 0.350. The summed E-state index contributed by atoms with van der Waals surface area (Å²) in [5.74, 6) is 0.199. The summed E-state index contributed by atoms with van der Waals surface area (Å²) in [5.41, 5.74) is 2.60. The lowest BCUT2D eigenvalue weighted by atomic mass is 9.80. The van der Waals surface area contributed by atoms with Gasteiger partial charge in [-0.15, -0.1) is 0 Å². The van der Waals surface area contributed by atoms with Crippen LogP contribution in [0.25, 0.3) is 0 Å². The standard InChI is InChI=1S/C20H23BN2O3/c24-20-18-8-4-5-13-22(18)19(16-9-11-17(12-10-16)21(25)26)23(20)14-15-6-2-1-3-7-15/h1-3,6-7,9-12,18-19,25-26H,4-5,8,13-14H2/t18?,19-/m1/s1. The lowest BCUT2D eigenvalue weighted by molar-refractivity contribution is -0.131. The van der Waals surface area contributed by atoms with Gasteiger partial charge in [-0.1, -0.05) is 61.0 Å². The maximum atomic E-state index is 13.1. The molecule has 1 unspecified atom stereocenters. The number of rotatable bonds is 4. The molecule has 4 rings (SSSR count). The van der Waals surface area contributed by atoms with Gasteiger partial charge in [-0.05, 0) is 29.4 Å². The molecular formula is C20H23BN2O3. The first-order valence-electron chi connectivity index (χ1n) is 9.21. The number of amides is 1. The Hall–Kier alpha value is -2.15. The van der Waals surface area contributed by atoms with Crippen molar-refractivity contribution in [2.24, 2.45) is 0 Å². The number of benzene rings is 2. The Bertz CT molecular complexity index is 766. The minimum atomic E-state index is -1.47. The fourth-order valence-corrected chi connectivity index (χ4v) is 4.16. The Morgan fingerprint density at radius 2 is 1.73 bits per heavy atom. The Labute approximate surface area is 154 Å². The van der Waals surface area contributed by atoms with Gasteiger partial charge in [0, 0.05) is 13.1 Å². The Morgan fingerprint density at radius 3 is 2.42 bits per heavy atom. The van der Waals surface area contributed by atoms with Gasteiger partial charge in [0.2, 0.25) is 5.91 Å². The first-order chi connectivity index (χ1) is 12.6. The maximum absolute atomic E-state index is 13.1. The summed E-state index contributed by atoms with van der Waals surface area (Å²) in [5, 5.41) is 18.7. The van der Waals surface area contributed by atoms with Crippen LogP contribution in [0.4, 0.5) is 0 Å². The molecule has 0 radical (unpaired) electrons. The summed E-state index contributed by atoms with van der Waals surface area (Å²) in [6.45, 7) is 1.50. The second-order valence-corrected chi connectivity index (χ2v) is 7.12. The van der Waals surface area contributed by atoms with Crippen LogP contribution in [0.5, 0.6) is 0 Å². The SMILES string of the molecule is O=C1C2CCCCN2[C@@H](c2ccc(B(O)O)cc2)N1Cc1ccccc1. The molecule has 5 nitrogen and oxygen atoms in total. The van der Waals surface area contributed by atoms with Gasteiger partial charge in [0.05, 0.1) is 6.04 Å². The molecular weight excluding hydrogens is 327 g/mol. The summed E-state index contributed by atoms with van der Waals surface area (Å²) in [4.78, 5) is 17.4. The summed E-state index contributed by atoms with van der Waals surface area (Å²) in [7, 11) is -1.47. The molecule has 6 heteroatoms. The Kier molecular flexibility index (Phi) is 4.81. The molecule has 26 heavy (non-hydrogen) atoms. The molecule has 2 aromatic rings. The highest BCUT2D eigenvalue weighted by Crippen LogP contribution is 2.39. The van der Waals surface area contributed by atoms with E-state index in [9.17, 15) is 14.8 Å². The van der Waals surface area contributed by atoms with E-state index in [1.54, 1.807) is 12.1 Å². The van der Waals surface area contributed by atoms with E-state index in [-0.39, 0.29) is 18.1 Å². The highest BCUT2D eigenvalue weighted by Gasteiger charge is 2.47. The smallest absolute Gasteiger partial charge is 0.423 e. The lowest BCUT2D eigenvalue weighted by Crippen LogP contribution is -2.38. The summed E-state index contributed by atoms with van der Waals surface area (Å²) in [6, 6.07) is 17.3. The van der Waals surface area contributed by atoms with E-state index in [1.807, 2.05) is 47.4 Å². The van der Waals surface area contributed by atoms with Crippen LogP contribution in [-0.2, 0) is 11.3 Å². The molecule has 134 valence electrons. The van der Waals surface area contributed by atoms with Gasteiger partial charge in [-0.2, -0.15) is 0 Å². The number of hydrogen-bond donors (Lipinski definition) is 2. The van der Waals surface area contributed by atoms with E-state index < -0.39 is 7.12 Å². The van der Waals surface area contributed by atoms with Crippen molar-refractivity contribution in [1.82, 2.24) is 9.80 Å². The van der Waals surface area contributed by atoms with Crippen LogP contribution in [0.15, 0.2) is 54.6 Å². The molecule has 0 bridgehead atoms. The van der Waals surface area contributed by atoms with Crippen LogP contribution < -0.4 is 5.46 Å². The zero-order chi connectivity index (χ0) is 18.1. The minimum Gasteiger partial charge on any atom is -0.423 e. The first-order valence-corrected chi connectivity index (χ1v) is 9.21. The normalized spacial score (nSPS) is 23.2. The van der Waals surface area contributed by atoms with Crippen LogP contribution in [0, 0.1) is 0 Å². The number of piperidine rings is 1. The largest absolute Gasteiger partial charge is 0.488 e. The van der Waals surface area contributed by atoms with Crippen molar-refractivity contribution in [3.8, 4) is 0 Å². The molecule has 2 heterocycles. The molecule has 2 saturated heterocycles. The number of carbonyl (C=O) groups excluding carboxylic acids is 1. The third-order valence-corrected chi connectivity index (χ3v) is 5.45. The Balaban J connectivity index is 1.68. The number of nitrogens with zero attached hydrogens (tertiary/aromatic N) is 2. The number of fused-ring (bicyclic) bond motifs is 1. The predicted molar refractivity (Wildman–Crippen MR) is 100 cm³/mol. The molecule has 2 N–H and O–H groups in total. The van der Waals surface area contributed by atoms with Crippen molar-refractivity contribution in [3.63, 3.8) is 0 Å². The van der Waals surface area contributed by atoms with E-state index in [1.165, 1.54) is 0 Å². The van der Waals surface area contributed by atoms with E-state index >= 15 is 0 Å². The van der Waals surface area contributed by atoms with Crippen LogP contribution >= 0.6 is 0 Å². The molecule has 0 saturated carbocycles. The summed E-state index contributed by atoms with van der Waals surface area (Å²) >= 11 is 0. The van der Waals surface area contributed by atoms with Gasteiger partial charge in [-0.3, -0.25) is 9.69 Å². The third kappa shape index (κ3) is 3.16. The molecule has 2 aliphatic heterocycles. The molecule has 2 fully saturated rings. The Morgan fingerprint density at radius 1 is 1.00 bits per heavy atom. The van der Waals surface area contributed by atoms with Crippen LogP contribution in [0.3, 0.4) is 0 Å². The van der Waals surface area contributed by atoms with E-state index in [0.29, 0.717) is 12.0 Å². The van der Waals surface area contributed by atoms with E-state index in [4.69, 9.17) is 0 Å². The second kappa shape index (κ2) is 7.23. The zero-order valence-corrected chi connectivity index (χ0v) is 14.7. The molecule has 2 atom stereocenters. The van der Waals surface area contributed by atoms with Gasteiger partial charge in [-0.25, -0.2) is 0 Å². The minimum absolute atomic E-state index is 0.0411. The van der Waals surface area contributed by atoms with Crippen LogP contribution in [-0.4, -0.2) is 45.5 Å². The molecule has 0 aromatic heterocycles. The van der Waals surface area contributed by atoms with E-state index in [2.05, 4.69) is 4.90 Å². The fourth-order valence-electron chi connectivity index (χ4n) is 4.16. The van der Waals surface area contributed by atoms with Gasteiger partial charge in [0.15, 0.2) is 0 Å². The average Bonchev–Trinajstić information content (AvgIpc) is 2.95. The highest BCUT2D eigenvalue weighted by atomic mass is 16.4. The number of hydrogen-bond acceptors (Lipinski definition) is 4. The van der Waals surface area contributed by atoms with Gasteiger partial charge < -0.3 is 14.9 Å². The van der Waals surface area contributed by atoms with Gasteiger partial charge in [0.1, 0.15) is 6.17 Å². The molecule has 0 spiro atoms. The van der Waals surface area contributed by atoms with Crippen molar-refractivity contribution in [2.75, 3.05) is 6.54 Å². The summed E-state index contributed by atoms with van der Waals surface area (Å²) < 4.78 is 0. The number of carbonyl (C=O) groups is 1. The van der Waals surface area contributed by atoms with Gasteiger partial charge >= 0.3 is 7.12 Å². The predicted octanol–water partition coefficient (Wildman–Crippen LogP) is 1.26. The first kappa shape index (κ1) is 17.3. The van der Waals surface area contributed by atoms with Crippen LogP contribution in [0.1, 0.15) is 36.6 Å². The van der Waals surface area contributed by atoms with Crippen molar-refractivity contribution in [2.45, 2.75) is 38.0 Å². The second-order valence-electron chi connectivity index (χ2n) is 7.12. The zero-order valence-electron chi connectivity index (χ0n) is 14.7. The highest BCUT2D eigenvalue weighted by molar-refractivity contribution is 6.58. The maximum Gasteiger partial charge on any atom is 0.488 e. The van der Waals surface area contributed by atoms with Crippen molar-refractivity contribution in [3.05, 3.63) is 65.7 Å². The van der Waals surface area contributed by atoms with Crippen molar-refractivity contribution < 1.29 is 14.8 Å². The molecule has 1 amide bonds.